The average Bonchev–Trinajstić information content (AvgIpc) is 3.11. The number of fused-ring (bicyclic) bond motifs is 2. The van der Waals surface area contributed by atoms with E-state index in [9.17, 15) is 29.1 Å². The summed E-state index contributed by atoms with van der Waals surface area (Å²) in [5.41, 5.74) is 2.20. The molecule has 1 amide bonds. The van der Waals surface area contributed by atoms with Gasteiger partial charge in [0, 0.05) is 45.4 Å². The van der Waals surface area contributed by atoms with Crippen molar-refractivity contribution in [3.8, 4) is 35.1 Å². The van der Waals surface area contributed by atoms with Gasteiger partial charge in [0.05, 0.1) is 36.2 Å². The van der Waals surface area contributed by atoms with Gasteiger partial charge < -0.3 is 29.7 Å². The van der Waals surface area contributed by atoms with E-state index in [4.69, 9.17) is 47.8 Å². The van der Waals surface area contributed by atoms with Crippen LogP contribution in [0.25, 0.3) is 0 Å². The van der Waals surface area contributed by atoms with Crippen molar-refractivity contribution in [1.29, 1.82) is 10.5 Å². The van der Waals surface area contributed by atoms with Crippen LogP contribution < -0.4 is 19.5 Å². The molecule has 0 bridgehead atoms. The van der Waals surface area contributed by atoms with Crippen molar-refractivity contribution in [1.82, 2.24) is 5.32 Å². The maximum atomic E-state index is 13.3. The zero-order valence-corrected chi connectivity index (χ0v) is 28.1. The first-order valence-corrected chi connectivity index (χ1v) is 16.3. The molecule has 2 heterocycles. The topological polar surface area (TPSA) is 179 Å². The number of hydrogen-bond acceptors (Lipinski definition) is 8. The zero-order valence-electron chi connectivity index (χ0n) is 26.6. The molecule has 2 unspecified atom stereocenters. The number of aliphatic carboxylic acids is 2. The molecule has 2 aliphatic rings. The number of amides is 1. The largest absolute Gasteiger partial charge is 0.493 e. The Hall–Kier alpha value is -5.82. The Labute approximate surface area is 301 Å². The first-order chi connectivity index (χ1) is 24.5. The fraction of sp³-hybridized carbons (Fsp3) is 0.216. The van der Waals surface area contributed by atoms with E-state index in [1.54, 1.807) is 42.5 Å². The van der Waals surface area contributed by atoms with Crippen molar-refractivity contribution in [2.75, 3.05) is 19.8 Å². The maximum Gasteiger partial charge on any atom is 0.311 e. The third kappa shape index (κ3) is 8.68. The molecule has 4 aromatic carbocycles. The highest BCUT2D eigenvalue weighted by Gasteiger charge is 2.30. The second kappa shape index (κ2) is 16.3. The molecule has 51 heavy (non-hydrogen) atoms. The number of ether oxygens (including phenoxy) is 3. The van der Waals surface area contributed by atoms with E-state index in [1.165, 1.54) is 18.2 Å². The summed E-state index contributed by atoms with van der Waals surface area (Å²) in [6.45, 7) is 0.912. The molecule has 0 spiro atoms. The van der Waals surface area contributed by atoms with E-state index >= 15 is 0 Å². The second-order valence-electron chi connectivity index (χ2n) is 11.4. The van der Waals surface area contributed by atoms with Crippen LogP contribution in [0.2, 0.25) is 10.0 Å². The van der Waals surface area contributed by atoms with Gasteiger partial charge in [0.15, 0.2) is 0 Å². The quantitative estimate of drug-likeness (QED) is 0.167. The van der Waals surface area contributed by atoms with Gasteiger partial charge in [-0.05, 0) is 73.4 Å². The predicted molar refractivity (Wildman–Crippen MR) is 182 cm³/mol. The van der Waals surface area contributed by atoms with Gasteiger partial charge >= 0.3 is 11.9 Å². The van der Waals surface area contributed by atoms with Crippen molar-refractivity contribution < 1.29 is 43.2 Å². The van der Waals surface area contributed by atoms with E-state index in [0.717, 1.165) is 11.6 Å². The number of nitrogens with one attached hydrogen (secondary N) is 1. The maximum absolute atomic E-state index is 13.3. The van der Waals surface area contributed by atoms with Gasteiger partial charge in [-0.15, -0.1) is 0 Å². The Balaban J connectivity index is 0.000000262. The number of nitrogens with zero attached hydrogens (tertiary/aromatic N) is 2. The molecule has 2 aliphatic heterocycles. The summed E-state index contributed by atoms with van der Waals surface area (Å²) in [6.07, 6.45) is 1.23. The minimum Gasteiger partial charge on any atom is -0.493 e. The lowest BCUT2D eigenvalue weighted by atomic mass is 9.91. The van der Waals surface area contributed by atoms with E-state index in [0.29, 0.717) is 64.0 Å². The minimum absolute atomic E-state index is 0.157. The lowest BCUT2D eigenvalue weighted by Gasteiger charge is -2.24. The lowest BCUT2D eigenvalue weighted by Crippen LogP contribution is -2.25. The molecule has 0 aromatic heterocycles. The summed E-state index contributed by atoms with van der Waals surface area (Å²) in [5, 5.41) is 40.6. The van der Waals surface area contributed by atoms with Gasteiger partial charge in [-0.1, -0.05) is 29.3 Å². The first kappa shape index (κ1) is 36.5. The molecule has 260 valence electrons. The van der Waals surface area contributed by atoms with E-state index < -0.39 is 29.6 Å². The highest BCUT2D eigenvalue weighted by molar-refractivity contribution is 6.35. The van der Waals surface area contributed by atoms with Gasteiger partial charge in [0.25, 0.3) is 5.91 Å². The second-order valence-corrected chi connectivity index (χ2v) is 12.2. The number of carboxylic acid groups (broad SMARTS) is 2. The van der Waals surface area contributed by atoms with Crippen molar-refractivity contribution >= 4 is 41.0 Å². The molecule has 3 N–H and O–H groups in total. The molecular weight excluding hydrogens is 704 g/mol. The van der Waals surface area contributed by atoms with E-state index in [1.807, 2.05) is 12.1 Å². The van der Waals surface area contributed by atoms with E-state index in [2.05, 4.69) is 5.32 Å². The molecule has 11 nitrogen and oxygen atoms in total. The van der Waals surface area contributed by atoms with Gasteiger partial charge in [0.1, 0.15) is 41.0 Å². The Morgan fingerprint density at radius 1 is 0.843 bits per heavy atom. The van der Waals surface area contributed by atoms with Gasteiger partial charge in [-0.25, -0.2) is 4.39 Å². The predicted octanol–water partition coefficient (Wildman–Crippen LogP) is 7.23. The smallest absolute Gasteiger partial charge is 0.311 e. The van der Waals surface area contributed by atoms with Crippen LogP contribution in [-0.2, 0) is 16.0 Å². The monoisotopic (exact) mass is 731 g/mol. The van der Waals surface area contributed by atoms with Crippen molar-refractivity contribution in [3.05, 3.63) is 116 Å². The molecule has 6 rings (SSSR count). The number of carbonyl (C=O) groups excluding carboxylic acids is 1. The SMILES string of the molecule is N#Cc1cc2c(cc1F)OCCC2C(=O)O.N#Cc1cc2c(cc1Oc1ccc(C(=O)NCCc3ccc(Cl)cc3Cl)cc1)OCCC2C(=O)O. The van der Waals surface area contributed by atoms with Crippen LogP contribution in [0.5, 0.6) is 23.0 Å². The Bertz CT molecular complexity index is 2080. The number of halogens is 3. The highest BCUT2D eigenvalue weighted by atomic mass is 35.5. The molecule has 2 atom stereocenters. The van der Waals surface area contributed by atoms with Crippen LogP contribution in [0.15, 0.2) is 66.7 Å². The van der Waals surface area contributed by atoms with Gasteiger partial charge in [-0.3, -0.25) is 14.4 Å². The van der Waals surface area contributed by atoms with E-state index in [-0.39, 0.29) is 41.7 Å². The molecule has 0 saturated heterocycles. The van der Waals surface area contributed by atoms with Crippen LogP contribution >= 0.6 is 23.2 Å². The Kier molecular flexibility index (Phi) is 11.6. The fourth-order valence-corrected chi connectivity index (χ4v) is 6.04. The van der Waals surface area contributed by atoms with Crippen LogP contribution in [0, 0.1) is 28.5 Å². The fourth-order valence-electron chi connectivity index (χ4n) is 5.54. The van der Waals surface area contributed by atoms with Crippen molar-refractivity contribution in [2.24, 2.45) is 0 Å². The normalized spacial score (nSPS) is 15.5. The summed E-state index contributed by atoms with van der Waals surface area (Å²) in [4.78, 5) is 35.0. The van der Waals surface area contributed by atoms with Gasteiger partial charge in [0.2, 0.25) is 0 Å². The first-order valence-electron chi connectivity index (χ1n) is 15.5. The molecule has 14 heteroatoms. The van der Waals surface area contributed by atoms with Crippen LogP contribution in [0.3, 0.4) is 0 Å². The van der Waals surface area contributed by atoms with Crippen molar-refractivity contribution in [2.45, 2.75) is 31.1 Å². The lowest BCUT2D eigenvalue weighted by molar-refractivity contribution is -0.140. The minimum atomic E-state index is -0.986. The molecule has 0 aliphatic carbocycles. The Morgan fingerprint density at radius 3 is 2.00 bits per heavy atom. The van der Waals surface area contributed by atoms with Crippen LogP contribution in [-0.4, -0.2) is 47.8 Å². The summed E-state index contributed by atoms with van der Waals surface area (Å²) in [6, 6.07) is 20.8. The van der Waals surface area contributed by atoms with Gasteiger partial charge in [-0.2, -0.15) is 10.5 Å². The standard InChI is InChI=1S/C26H20Cl2N2O5.C11H8FNO3/c27-18-4-1-15(22(28)12-18)7-9-30-25(31)16-2-5-19(6-3-16)35-23-13-24-21(11-17(23)14-29)20(26(32)33)8-10-34-24;12-9-4-10-8(3-6(9)5-13)7(11(14)15)1-2-16-10/h1-6,11-13,20H,7-10H2,(H,30,31)(H,32,33);3-4,7H,1-2H2,(H,14,15). The summed E-state index contributed by atoms with van der Waals surface area (Å²) in [5.74, 6) is -3.08. The highest BCUT2D eigenvalue weighted by Crippen LogP contribution is 2.40. The number of nitriles is 2. The summed E-state index contributed by atoms with van der Waals surface area (Å²) >= 11 is 12.1. The van der Waals surface area contributed by atoms with Crippen LogP contribution in [0.1, 0.15) is 62.9 Å². The number of carbonyl (C=O) groups is 3. The summed E-state index contributed by atoms with van der Waals surface area (Å²) in [7, 11) is 0. The van der Waals surface area contributed by atoms with Crippen molar-refractivity contribution in [3.63, 3.8) is 0 Å². The molecule has 0 radical (unpaired) electrons. The third-order valence-corrected chi connectivity index (χ3v) is 8.75. The van der Waals surface area contributed by atoms with Crippen LogP contribution in [0.4, 0.5) is 4.39 Å². The molecular formula is C37H28Cl2FN3O8. The third-order valence-electron chi connectivity index (χ3n) is 8.17. The molecule has 4 aromatic rings. The Morgan fingerprint density at radius 2 is 1.43 bits per heavy atom. The number of hydrogen-bond donors (Lipinski definition) is 3. The average molecular weight is 733 g/mol. The number of carboxylic acids is 2. The number of rotatable bonds is 8. The zero-order chi connectivity index (χ0) is 36.7. The summed E-state index contributed by atoms with van der Waals surface area (Å²) < 4.78 is 29.9. The molecule has 0 fully saturated rings. The molecule has 0 saturated carbocycles. The number of benzene rings is 4.